The molecule has 106 valence electrons. The summed E-state index contributed by atoms with van der Waals surface area (Å²) in [5.41, 5.74) is 2.09. The molecule has 0 aromatic heterocycles. The van der Waals surface area contributed by atoms with E-state index in [2.05, 4.69) is 6.07 Å². The third kappa shape index (κ3) is 2.06. The Bertz CT molecular complexity index is 997. The Morgan fingerprint density at radius 1 is 0.591 bits per heavy atom. The highest BCUT2D eigenvalue weighted by Crippen LogP contribution is 2.55. The van der Waals surface area contributed by atoms with Crippen LogP contribution in [0.3, 0.4) is 0 Å². The van der Waals surface area contributed by atoms with Gasteiger partial charge in [-0.15, -0.1) is 0 Å². The molecule has 5 rings (SSSR count). The first-order chi connectivity index (χ1) is 10.7. The van der Waals surface area contributed by atoms with Gasteiger partial charge in [-0.1, -0.05) is 54.6 Å². The Balaban J connectivity index is 0.000000114. The van der Waals surface area contributed by atoms with Crippen molar-refractivity contribution in [3.63, 3.8) is 0 Å². The van der Waals surface area contributed by atoms with Crippen LogP contribution >= 0.6 is 0 Å². The Morgan fingerprint density at radius 3 is 2.09 bits per heavy atom. The van der Waals surface area contributed by atoms with Crippen LogP contribution in [0.1, 0.15) is 0 Å². The van der Waals surface area contributed by atoms with Crippen LogP contribution in [0.4, 0.5) is 0 Å². The number of phenolic OH excluding ortho intramolecular Hbond substituents is 2. The summed E-state index contributed by atoms with van der Waals surface area (Å²) in [7, 11) is 0. The van der Waals surface area contributed by atoms with E-state index in [-0.39, 0.29) is 0 Å². The molecule has 0 unspecified atom stereocenters. The fraction of sp³-hybridized carbons (Fsp3) is 0. The molecule has 3 aromatic rings. The molecule has 0 amide bonds. The molecule has 2 N–H and O–H groups in total. The molecule has 0 saturated heterocycles. The molecular formula is C20H14O2. The molecule has 0 fully saturated rings. The summed E-state index contributed by atoms with van der Waals surface area (Å²) in [6.07, 6.45) is 0. The van der Waals surface area contributed by atoms with Crippen molar-refractivity contribution in [1.29, 1.82) is 0 Å². The average Bonchev–Trinajstić information content (AvgIpc) is 3.01. The number of fused-ring (bicyclic) bond motifs is 4. The number of rotatable bonds is 0. The monoisotopic (exact) mass is 286 g/mol. The van der Waals surface area contributed by atoms with E-state index in [1.165, 1.54) is 10.8 Å². The molecule has 0 atom stereocenters. The van der Waals surface area contributed by atoms with E-state index in [9.17, 15) is 5.11 Å². The standard InChI is InChI=1S/C10H6O.C10H8O/c11-10-8-5-6-3-1-2-4-7(6)9(8)10;11-10-6-5-8-3-1-2-4-9(8)7-10/h1-5,11H;1-7,11H. The van der Waals surface area contributed by atoms with Gasteiger partial charge in [-0.05, 0) is 39.7 Å². The van der Waals surface area contributed by atoms with Gasteiger partial charge >= 0.3 is 0 Å². The van der Waals surface area contributed by atoms with E-state index in [0.29, 0.717) is 11.5 Å². The van der Waals surface area contributed by atoms with E-state index in [1.54, 1.807) is 12.1 Å². The number of hydrogen-bond donors (Lipinski definition) is 2. The minimum atomic E-state index is 0.323. The minimum absolute atomic E-state index is 0.323. The van der Waals surface area contributed by atoms with E-state index in [1.807, 2.05) is 54.6 Å². The number of benzene rings is 4. The summed E-state index contributed by atoms with van der Waals surface area (Å²) in [6, 6.07) is 23.5. The fourth-order valence-corrected chi connectivity index (χ4v) is 2.79. The largest absolute Gasteiger partial charge is 0.508 e. The minimum Gasteiger partial charge on any atom is -0.508 e. The van der Waals surface area contributed by atoms with E-state index >= 15 is 0 Å². The summed E-state index contributed by atoms with van der Waals surface area (Å²) < 4.78 is 0. The zero-order valence-corrected chi connectivity index (χ0v) is 11.8. The summed E-state index contributed by atoms with van der Waals surface area (Å²) in [6.45, 7) is 0. The molecule has 0 aliphatic heterocycles. The van der Waals surface area contributed by atoms with Crippen molar-refractivity contribution in [2.75, 3.05) is 0 Å². The Hall–Kier alpha value is -3.00. The SMILES string of the molecule is Oc1c2cc3ccccc3c1-2.Oc1ccc2ccccc2c1. The van der Waals surface area contributed by atoms with Gasteiger partial charge in [0.2, 0.25) is 0 Å². The molecule has 2 aliphatic rings. The van der Waals surface area contributed by atoms with Gasteiger partial charge in [0, 0.05) is 11.1 Å². The molecule has 0 heterocycles. The Morgan fingerprint density at radius 2 is 1.27 bits per heavy atom. The van der Waals surface area contributed by atoms with Crippen molar-refractivity contribution in [3.8, 4) is 22.6 Å². The van der Waals surface area contributed by atoms with Crippen LogP contribution in [0.5, 0.6) is 11.5 Å². The molecular weight excluding hydrogens is 272 g/mol. The molecule has 2 aliphatic carbocycles. The number of aromatic hydroxyl groups is 2. The van der Waals surface area contributed by atoms with Crippen LogP contribution in [0.2, 0.25) is 0 Å². The highest BCUT2D eigenvalue weighted by atomic mass is 16.3. The zero-order valence-electron chi connectivity index (χ0n) is 11.8. The maximum atomic E-state index is 9.20. The first-order valence-corrected chi connectivity index (χ1v) is 7.17. The first-order valence-electron chi connectivity index (χ1n) is 7.17. The Labute approximate surface area is 127 Å². The Kier molecular flexibility index (Phi) is 2.76. The van der Waals surface area contributed by atoms with Crippen molar-refractivity contribution in [2.45, 2.75) is 0 Å². The van der Waals surface area contributed by atoms with E-state index < -0.39 is 0 Å². The highest BCUT2D eigenvalue weighted by Gasteiger charge is 2.27. The van der Waals surface area contributed by atoms with Crippen LogP contribution in [-0.2, 0) is 0 Å². The highest BCUT2D eigenvalue weighted by molar-refractivity contribution is 6.15. The van der Waals surface area contributed by atoms with Gasteiger partial charge in [-0.25, -0.2) is 0 Å². The smallest absolute Gasteiger partial charge is 0.132 e. The van der Waals surface area contributed by atoms with E-state index in [4.69, 9.17) is 5.11 Å². The average molecular weight is 286 g/mol. The topological polar surface area (TPSA) is 40.5 Å². The van der Waals surface area contributed by atoms with Crippen LogP contribution in [0.15, 0.2) is 72.8 Å². The molecule has 22 heavy (non-hydrogen) atoms. The van der Waals surface area contributed by atoms with Gasteiger partial charge in [-0.2, -0.15) is 0 Å². The van der Waals surface area contributed by atoms with Crippen molar-refractivity contribution in [3.05, 3.63) is 72.8 Å². The van der Waals surface area contributed by atoms with E-state index in [0.717, 1.165) is 21.9 Å². The third-order valence-electron chi connectivity index (χ3n) is 3.96. The molecule has 0 spiro atoms. The normalized spacial score (nSPS) is 11.1. The predicted octanol–water partition coefficient (Wildman–Crippen LogP) is 5.07. The second-order valence-corrected chi connectivity index (χ2v) is 5.40. The van der Waals surface area contributed by atoms with Gasteiger partial charge in [0.25, 0.3) is 0 Å². The van der Waals surface area contributed by atoms with Crippen molar-refractivity contribution < 1.29 is 10.2 Å². The van der Waals surface area contributed by atoms with Gasteiger partial charge < -0.3 is 10.2 Å². The third-order valence-corrected chi connectivity index (χ3v) is 3.96. The summed E-state index contributed by atoms with van der Waals surface area (Å²) in [5.74, 6) is 0.812. The first kappa shape index (κ1) is 12.7. The van der Waals surface area contributed by atoms with Crippen LogP contribution in [0.25, 0.3) is 32.7 Å². The molecule has 0 bridgehead atoms. The predicted molar refractivity (Wildman–Crippen MR) is 90.2 cm³/mol. The maximum Gasteiger partial charge on any atom is 0.132 e. The lowest BCUT2D eigenvalue weighted by molar-refractivity contribution is 0.476. The molecule has 2 heteroatoms. The van der Waals surface area contributed by atoms with Crippen LogP contribution in [0, 0.1) is 0 Å². The van der Waals surface area contributed by atoms with Crippen molar-refractivity contribution in [2.24, 2.45) is 0 Å². The van der Waals surface area contributed by atoms with Gasteiger partial charge in [0.1, 0.15) is 11.5 Å². The fourth-order valence-electron chi connectivity index (χ4n) is 2.79. The quantitative estimate of drug-likeness (QED) is 0.417. The molecule has 0 radical (unpaired) electrons. The lowest BCUT2D eigenvalue weighted by Gasteiger charge is -1.96. The van der Waals surface area contributed by atoms with Gasteiger partial charge in [0.15, 0.2) is 0 Å². The van der Waals surface area contributed by atoms with Crippen LogP contribution < -0.4 is 0 Å². The van der Waals surface area contributed by atoms with Gasteiger partial charge in [0.05, 0.1) is 0 Å². The lowest BCUT2D eigenvalue weighted by atomic mass is 10.1. The molecule has 2 nitrogen and oxygen atoms in total. The lowest BCUT2D eigenvalue weighted by Crippen LogP contribution is -1.69. The van der Waals surface area contributed by atoms with Crippen molar-refractivity contribution in [1.82, 2.24) is 0 Å². The second kappa shape index (κ2) is 4.78. The zero-order chi connectivity index (χ0) is 15.1. The number of phenols is 2. The molecule has 3 aromatic carbocycles. The second-order valence-electron chi connectivity index (χ2n) is 5.40. The summed E-state index contributed by atoms with van der Waals surface area (Å²) in [5, 5.41) is 23.0. The van der Waals surface area contributed by atoms with Crippen molar-refractivity contribution >= 4 is 21.5 Å². The maximum absolute atomic E-state index is 9.20. The van der Waals surface area contributed by atoms with Gasteiger partial charge in [-0.3, -0.25) is 0 Å². The summed E-state index contributed by atoms with van der Waals surface area (Å²) >= 11 is 0. The van der Waals surface area contributed by atoms with Crippen LogP contribution in [-0.4, -0.2) is 10.2 Å². The summed E-state index contributed by atoms with van der Waals surface area (Å²) in [4.78, 5) is 0. The number of hydrogen-bond acceptors (Lipinski definition) is 2. The molecule has 0 saturated carbocycles.